The summed E-state index contributed by atoms with van der Waals surface area (Å²) in [7, 11) is 0. The first-order valence-corrected chi connectivity index (χ1v) is 11.3. The fourth-order valence-corrected chi connectivity index (χ4v) is 4.76. The molecule has 1 N–H and O–H groups in total. The number of hydrogen-bond acceptors (Lipinski definition) is 7. The standard InChI is InChI=1S/C20H22N4O3S2/c1-13-8-9-17(27-13)18(19(25)21-14-5-2-3-6-14)24(11-15-7-4-10-28-15)20(26)16-12-29-23-22-16/h4,7-10,12,14,18H,2-3,5-6,11H2,1H3,(H,21,25)/t18-/m0/s1. The van der Waals surface area contributed by atoms with E-state index in [4.69, 9.17) is 4.42 Å². The molecule has 3 aromatic rings. The Labute approximate surface area is 176 Å². The van der Waals surface area contributed by atoms with E-state index in [-0.39, 0.29) is 30.1 Å². The van der Waals surface area contributed by atoms with E-state index in [0.717, 1.165) is 42.1 Å². The van der Waals surface area contributed by atoms with Gasteiger partial charge in [-0.25, -0.2) is 0 Å². The second kappa shape index (κ2) is 8.87. The Morgan fingerprint density at radius 2 is 2.14 bits per heavy atom. The molecule has 0 unspecified atom stereocenters. The summed E-state index contributed by atoms with van der Waals surface area (Å²) in [6, 6.07) is 6.72. The van der Waals surface area contributed by atoms with Crippen molar-refractivity contribution < 1.29 is 14.0 Å². The van der Waals surface area contributed by atoms with Crippen LogP contribution in [0.25, 0.3) is 0 Å². The maximum atomic E-state index is 13.4. The van der Waals surface area contributed by atoms with Gasteiger partial charge in [-0.1, -0.05) is 23.4 Å². The van der Waals surface area contributed by atoms with E-state index >= 15 is 0 Å². The Kier molecular flexibility index (Phi) is 6.05. The lowest BCUT2D eigenvalue weighted by Gasteiger charge is -2.29. The minimum atomic E-state index is -0.874. The topological polar surface area (TPSA) is 88.3 Å². The number of nitrogens with one attached hydrogen (secondary N) is 1. The molecule has 3 aromatic heterocycles. The van der Waals surface area contributed by atoms with Crippen LogP contribution in [0.1, 0.15) is 58.6 Å². The first-order chi connectivity index (χ1) is 14.1. The number of amides is 2. The van der Waals surface area contributed by atoms with Gasteiger partial charge in [-0.05, 0) is 54.9 Å². The molecular formula is C20H22N4O3S2. The molecule has 0 saturated heterocycles. The molecule has 4 rings (SSSR count). The minimum Gasteiger partial charge on any atom is -0.464 e. The normalized spacial score (nSPS) is 15.3. The van der Waals surface area contributed by atoms with Gasteiger partial charge < -0.3 is 14.6 Å². The molecule has 2 amide bonds. The molecule has 1 saturated carbocycles. The molecular weight excluding hydrogens is 408 g/mol. The summed E-state index contributed by atoms with van der Waals surface area (Å²) in [4.78, 5) is 29.2. The van der Waals surface area contributed by atoms with Crippen LogP contribution >= 0.6 is 22.9 Å². The molecule has 152 valence electrons. The summed E-state index contributed by atoms with van der Waals surface area (Å²) in [5.74, 6) is 0.579. The van der Waals surface area contributed by atoms with Gasteiger partial charge in [-0.2, -0.15) is 0 Å². The van der Waals surface area contributed by atoms with Gasteiger partial charge in [0.1, 0.15) is 11.5 Å². The molecule has 0 radical (unpaired) electrons. The highest BCUT2D eigenvalue weighted by Gasteiger charge is 2.36. The number of carbonyl (C=O) groups excluding carboxylic acids is 2. The van der Waals surface area contributed by atoms with Crippen LogP contribution in [-0.2, 0) is 11.3 Å². The largest absolute Gasteiger partial charge is 0.464 e. The Balaban J connectivity index is 1.69. The molecule has 0 aliphatic heterocycles. The average Bonchev–Trinajstić information content (AvgIpc) is 3.49. The molecule has 9 heteroatoms. The van der Waals surface area contributed by atoms with Crippen LogP contribution in [0.4, 0.5) is 0 Å². The molecule has 0 aromatic carbocycles. The van der Waals surface area contributed by atoms with Crippen LogP contribution < -0.4 is 5.32 Å². The SMILES string of the molecule is Cc1ccc([C@@H](C(=O)NC2CCCC2)N(Cc2cccs2)C(=O)c2csnn2)o1. The third-order valence-corrected chi connectivity index (χ3v) is 6.40. The highest BCUT2D eigenvalue weighted by atomic mass is 32.1. The van der Waals surface area contributed by atoms with Crippen molar-refractivity contribution in [3.8, 4) is 0 Å². The second-order valence-corrected chi connectivity index (χ2v) is 8.79. The number of aryl methyl sites for hydroxylation is 1. The lowest BCUT2D eigenvalue weighted by Crippen LogP contribution is -2.45. The maximum Gasteiger partial charge on any atom is 0.276 e. The van der Waals surface area contributed by atoms with Crippen molar-refractivity contribution in [2.75, 3.05) is 0 Å². The van der Waals surface area contributed by atoms with Crippen molar-refractivity contribution in [1.29, 1.82) is 0 Å². The van der Waals surface area contributed by atoms with E-state index < -0.39 is 6.04 Å². The van der Waals surface area contributed by atoms with Crippen LogP contribution in [-0.4, -0.2) is 32.3 Å². The van der Waals surface area contributed by atoms with Crippen LogP contribution in [0.5, 0.6) is 0 Å². The first kappa shape index (κ1) is 19.8. The number of nitrogens with zero attached hydrogens (tertiary/aromatic N) is 3. The van der Waals surface area contributed by atoms with Gasteiger partial charge in [0, 0.05) is 16.3 Å². The first-order valence-electron chi connectivity index (χ1n) is 9.59. The number of hydrogen-bond donors (Lipinski definition) is 1. The van der Waals surface area contributed by atoms with Crippen molar-refractivity contribution >= 4 is 34.7 Å². The third kappa shape index (κ3) is 4.56. The molecule has 3 heterocycles. The zero-order chi connectivity index (χ0) is 20.2. The number of carbonyl (C=O) groups is 2. The predicted octanol–water partition coefficient (Wildman–Crippen LogP) is 3.94. The Bertz CT molecular complexity index is 946. The number of furan rings is 1. The van der Waals surface area contributed by atoms with Crippen molar-refractivity contribution in [1.82, 2.24) is 19.8 Å². The van der Waals surface area contributed by atoms with Gasteiger partial charge in [0.25, 0.3) is 11.8 Å². The van der Waals surface area contributed by atoms with Crippen molar-refractivity contribution in [3.05, 3.63) is 57.1 Å². The molecule has 29 heavy (non-hydrogen) atoms. The average molecular weight is 431 g/mol. The van der Waals surface area contributed by atoms with E-state index in [1.165, 1.54) is 16.2 Å². The Morgan fingerprint density at radius 1 is 1.31 bits per heavy atom. The number of rotatable bonds is 7. The molecule has 1 atom stereocenters. The van der Waals surface area contributed by atoms with Crippen molar-refractivity contribution in [2.45, 2.75) is 51.2 Å². The smallest absolute Gasteiger partial charge is 0.276 e. The van der Waals surface area contributed by atoms with Crippen LogP contribution in [0, 0.1) is 6.92 Å². The zero-order valence-corrected chi connectivity index (χ0v) is 17.7. The predicted molar refractivity (Wildman–Crippen MR) is 111 cm³/mol. The summed E-state index contributed by atoms with van der Waals surface area (Å²) in [6.45, 7) is 2.11. The van der Waals surface area contributed by atoms with Crippen molar-refractivity contribution in [2.24, 2.45) is 0 Å². The molecule has 0 spiro atoms. The molecule has 0 bridgehead atoms. The molecule has 1 aliphatic carbocycles. The lowest BCUT2D eigenvalue weighted by atomic mass is 10.1. The fourth-order valence-electron chi connectivity index (χ4n) is 3.63. The summed E-state index contributed by atoms with van der Waals surface area (Å²) >= 11 is 2.65. The Morgan fingerprint density at radius 3 is 2.76 bits per heavy atom. The van der Waals surface area contributed by atoms with Gasteiger partial charge in [0.05, 0.1) is 6.54 Å². The summed E-state index contributed by atoms with van der Waals surface area (Å²) in [6.07, 6.45) is 4.14. The highest BCUT2D eigenvalue weighted by molar-refractivity contribution is 7.09. The van der Waals surface area contributed by atoms with E-state index in [1.54, 1.807) is 11.4 Å². The number of thiophene rings is 1. The quantitative estimate of drug-likeness (QED) is 0.613. The molecule has 1 aliphatic rings. The van der Waals surface area contributed by atoms with Gasteiger partial charge in [-0.15, -0.1) is 16.4 Å². The van der Waals surface area contributed by atoms with E-state index in [2.05, 4.69) is 14.9 Å². The zero-order valence-electron chi connectivity index (χ0n) is 16.0. The fraction of sp³-hybridized carbons (Fsp3) is 0.400. The van der Waals surface area contributed by atoms with Gasteiger partial charge in [-0.3, -0.25) is 9.59 Å². The van der Waals surface area contributed by atoms with Crippen molar-refractivity contribution in [3.63, 3.8) is 0 Å². The lowest BCUT2D eigenvalue weighted by molar-refractivity contribution is -0.127. The highest BCUT2D eigenvalue weighted by Crippen LogP contribution is 2.29. The van der Waals surface area contributed by atoms with Gasteiger partial charge in [0.15, 0.2) is 11.7 Å². The maximum absolute atomic E-state index is 13.4. The second-order valence-electron chi connectivity index (χ2n) is 7.14. The molecule has 1 fully saturated rings. The molecule has 7 nitrogen and oxygen atoms in total. The van der Waals surface area contributed by atoms with Crippen LogP contribution in [0.2, 0.25) is 0 Å². The van der Waals surface area contributed by atoms with Crippen LogP contribution in [0.3, 0.4) is 0 Å². The van der Waals surface area contributed by atoms with E-state index in [1.807, 2.05) is 30.5 Å². The summed E-state index contributed by atoms with van der Waals surface area (Å²) in [5.41, 5.74) is 0.230. The summed E-state index contributed by atoms with van der Waals surface area (Å²) < 4.78 is 9.62. The third-order valence-electron chi connectivity index (χ3n) is 5.04. The van der Waals surface area contributed by atoms with E-state index in [9.17, 15) is 9.59 Å². The monoisotopic (exact) mass is 430 g/mol. The van der Waals surface area contributed by atoms with Crippen LogP contribution in [0.15, 0.2) is 39.4 Å². The van der Waals surface area contributed by atoms with Gasteiger partial charge in [0.2, 0.25) is 0 Å². The summed E-state index contributed by atoms with van der Waals surface area (Å²) in [5, 5.41) is 10.6. The minimum absolute atomic E-state index is 0.140. The van der Waals surface area contributed by atoms with E-state index in [0.29, 0.717) is 11.5 Å². The number of aromatic nitrogens is 2. The Hall–Kier alpha value is -2.52. The van der Waals surface area contributed by atoms with Gasteiger partial charge >= 0.3 is 0 Å².